The molecule has 0 aliphatic rings. The topological polar surface area (TPSA) is 44.5 Å². The van der Waals surface area contributed by atoms with Gasteiger partial charge in [-0.05, 0) is 44.5 Å². The average molecular weight is 269 g/mol. The maximum atomic E-state index is 5.73. The van der Waals surface area contributed by atoms with Crippen LogP contribution in [0.15, 0.2) is 23.1 Å². The number of nitrogen functional groups attached to an aromatic ring is 1. The van der Waals surface area contributed by atoms with Crippen molar-refractivity contribution < 1.29 is 9.47 Å². The standard InChI is InChI=1S/C14H23NO2S/c1-4-16-14(17-5-2)8-9-18-13-7-6-12(15)10-11(13)3/h6-7,10,14H,4-5,8-9,15H2,1-3H3. The first-order valence-corrected chi connectivity index (χ1v) is 7.38. The van der Waals surface area contributed by atoms with Crippen LogP contribution in [0.2, 0.25) is 0 Å². The molecule has 0 aliphatic carbocycles. The molecule has 0 amide bonds. The lowest BCUT2D eigenvalue weighted by Gasteiger charge is -2.16. The van der Waals surface area contributed by atoms with Crippen LogP contribution in [-0.4, -0.2) is 25.3 Å². The molecule has 0 heterocycles. The predicted molar refractivity (Wildman–Crippen MR) is 78.0 cm³/mol. The quantitative estimate of drug-likeness (QED) is 0.446. The smallest absolute Gasteiger partial charge is 0.158 e. The van der Waals surface area contributed by atoms with Gasteiger partial charge in [0, 0.05) is 36.0 Å². The summed E-state index contributed by atoms with van der Waals surface area (Å²) in [5, 5.41) is 0. The summed E-state index contributed by atoms with van der Waals surface area (Å²) in [6.45, 7) is 7.44. The van der Waals surface area contributed by atoms with Crippen molar-refractivity contribution in [2.24, 2.45) is 0 Å². The molecule has 0 aromatic heterocycles. The fourth-order valence-electron chi connectivity index (χ4n) is 1.69. The summed E-state index contributed by atoms with van der Waals surface area (Å²) < 4.78 is 11.0. The van der Waals surface area contributed by atoms with E-state index in [1.54, 1.807) is 0 Å². The summed E-state index contributed by atoms with van der Waals surface area (Å²) in [5.41, 5.74) is 7.78. The normalized spacial score (nSPS) is 11.1. The van der Waals surface area contributed by atoms with Crippen LogP contribution in [0, 0.1) is 6.92 Å². The van der Waals surface area contributed by atoms with Crippen LogP contribution >= 0.6 is 11.8 Å². The number of hydrogen-bond acceptors (Lipinski definition) is 4. The molecule has 0 bridgehead atoms. The second-order valence-electron chi connectivity index (χ2n) is 4.00. The first-order chi connectivity index (χ1) is 8.67. The highest BCUT2D eigenvalue weighted by atomic mass is 32.2. The number of benzene rings is 1. The van der Waals surface area contributed by atoms with E-state index in [1.165, 1.54) is 10.5 Å². The predicted octanol–water partition coefficient (Wildman–Crippen LogP) is 3.46. The van der Waals surface area contributed by atoms with Gasteiger partial charge in [0.15, 0.2) is 6.29 Å². The van der Waals surface area contributed by atoms with E-state index in [9.17, 15) is 0 Å². The Morgan fingerprint density at radius 3 is 2.44 bits per heavy atom. The molecule has 102 valence electrons. The zero-order valence-electron chi connectivity index (χ0n) is 11.4. The largest absolute Gasteiger partial charge is 0.399 e. The minimum Gasteiger partial charge on any atom is -0.399 e. The molecule has 1 aromatic carbocycles. The van der Waals surface area contributed by atoms with E-state index in [0.29, 0.717) is 13.2 Å². The molecular weight excluding hydrogens is 246 g/mol. The minimum absolute atomic E-state index is 0.0819. The van der Waals surface area contributed by atoms with Crippen molar-refractivity contribution in [1.82, 2.24) is 0 Å². The van der Waals surface area contributed by atoms with Crippen molar-refractivity contribution >= 4 is 17.4 Å². The lowest BCUT2D eigenvalue weighted by atomic mass is 10.2. The van der Waals surface area contributed by atoms with Gasteiger partial charge in [-0.3, -0.25) is 0 Å². The second-order valence-corrected chi connectivity index (χ2v) is 5.14. The number of hydrogen-bond donors (Lipinski definition) is 1. The van der Waals surface area contributed by atoms with Gasteiger partial charge in [0.25, 0.3) is 0 Å². The van der Waals surface area contributed by atoms with Crippen LogP contribution < -0.4 is 5.73 Å². The van der Waals surface area contributed by atoms with E-state index in [2.05, 4.69) is 13.0 Å². The van der Waals surface area contributed by atoms with E-state index >= 15 is 0 Å². The minimum atomic E-state index is -0.0819. The molecule has 0 unspecified atom stereocenters. The van der Waals surface area contributed by atoms with Gasteiger partial charge < -0.3 is 15.2 Å². The van der Waals surface area contributed by atoms with Gasteiger partial charge in [-0.2, -0.15) is 0 Å². The number of aryl methyl sites for hydroxylation is 1. The van der Waals surface area contributed by atoms with E-state index in [0.717, 1.165) is 17.9 Å². The van der Waals surface area contributed by atoms with Gasteiger partial charge in [-0.25, -0.2) is 0 Å². The van der Waals surface area contributed by atoms with Gasteiger partial charge in [0.2, 0.25) is 0 Å². The molecule has 0 saturated heterocycles. The first kappa shape index (κ1) is 15.3. The summed E-state index contributed by atoms with van der Waals surface area (Å²) in [4.78, 5) is 1.27. The van der Waals surface area contributed by atoms with Crippen molar-refractivity contribution in [3.8, 4) is 0 Å². The van der Waals surface area contributed by atoms with E-state index in [4.69, 9.17) is 15.2 Å². The van der Waals surface area contributed by atoms with Gasteiger partial charge in [-0.15, -0.1) is 11.8 Å². The molecule has 2 N–H and O–H groups in total. The second kappa shape index (κ2) is 8.40. The van der Waals surface area contributed by atoms with Crippen LogP contribution in [-0.2, 0) is 9.47 Å². The van der Waals surface area contributed by atoms with Crippen LogP contribution in [0.4, 0.5) is 5.69 Å². The van der Waals surface area contributed by atoms with Gasteiger partial charge in [-0.1, -0.05) is 0 Å². The Morgan fingerprint density at radius 1 is 1.22 bits per heavy atom. The Balaban J connectivity index is 2.39. The Kier molecular flexibility index (Phi) is 7.16. The number of thioether (sulfide) groups is 1. The summed E-state index contributed by atoms with van der Waals surface area (Å²) in [6, 6.07) is 6.02. The van der Waals surface area contributed by atoms with Crippen molar-refractivity contribution in [2.75, 3.05) is 24.7 Å². The molecule has 3 nitrogen and oxygen atoms in total. The Labute approximate surface area is 114 Å². The third-order valence-electron chi connectivity index (χ3n) is 2.52. The number of rotatable bonds is 8. The fraction of sp³-hybridized carbons (Fsp3) is 0.571. The van der Waals surface area contributed by atoms with Crippen molar-refractivity contribution in [3.63, 3.8) is 0 Å². The molecular formula is C14H23NO2S. The van der Waals surface area contributed by atoms with Crippen LogP contribution in [0.3, 0.4) is 0 Å². The maximum Gasteiger partial charge on any atom is 0.158 e. The van der Waals surface area contributed by atoms with Crippen LogP contribution in [0.1, 0.15) is 25.8 Å². The molecule has 0 spiro atoms. The molecule has 0 saturated carbocycles. The number of nitrogens with two attached hydrogens (primary N) is 1. The fourth-order valence-corrected chi connectivity index (χ4v) is 2.67. The molecule has 0 atom stereocenters. The summed E-state index contributed by atoms with van der Waals surface area (Å²) in [7, 11) is 0. The van der Waals surface area contributed by atoms with Gasteiger partial charge in [0.05, 0.1) is 0 Å². The van der Waals surface area contributed by atoms with E-state index < -0.39 is 0 Å². The molecule has 1 aromatic rings. The van der Waals surface area contributed by atoms with Gasteiger partial charge in [0.1, 0.15) is 0 Å². The molecule has 1 rings (SSSR count). The SMILES string of the molecule is CCOC(CCSc1ccc(N)cc1C)OCC. The molecule has 0 fully saturated rings. The average Bonchev–Trinajstić information content (AvgIpc) is 2.32. The molecule has 0 aliphatic heterocycles. The molecule has 4 heteroatoms. The Bertz CT molecular complexity index is 352. The van der Waals surface area contributed by atoms with Crippen molar-refractivity contribution in [3.05, 3.63) is 23.8 Å². The highest BCUT2D eigenvalue weighted by molar-refractivity contribution is 7.99. The third kappa shape index (κ3) is 5.29. The summed E-state index contributed by atoms with van der Waals surface area (Å²) >= 11 is 1.82. The van der Waals surface area contributed by atoms with Crippen molar-refractivity contribution in [2.45, 2.75) is 38.4 Å². The molecule has 18 heavy (non-hydrogen) atoms. The summed E-state index contributed by atoms with van der Waals surface area (Å²) in [6.07, 6.45) is 0.817. The first-order valence-electron chi connectivity index (χ1n) is 6.39. The van der Waals surface area contributed by atoms with Gasteiger partial charge >= 0.3 is 0 Å². The number of anilines is 1. The Hall–Kier alpha value is -0.710. The highest BCUT2D eigenvalue weighted by Gasteiger charge is 2.08. The molecule has 0 radical (unpaired) electrons. The van der Waals surface area contributed by atoms with Crippen LogP contribution in [0.25, 0.3) is 0 Å². The highest BCUT2D eigenvalue weighted by Crippen LogP contribution is 2.25. The maximum absolute atomic E-state index is 5.73. The lowest BCUT2D eigenvalue weighted by molar-refractivity contribution is -0.136. The third-order valence-corrected chi connectivity index (χ3v) is 3.72. The van der Waals surface area contributed by atoms with E-state index in [-0.39, 0.29) is 6.29 Å². The van der Waals surface area contributed by atoms with Crippen LogP contribution in [0.5, 0.6) is 0 Å². The summed E-state index contributed by atoms with van der Waals surface area (Å²) in [5.74, 6) is 0.982. The lowest BCUT2D eigenvalue weighted by Crippen LogP contribution is -2.18. The zero-order chi connectivity index (χ0) is 13.4. The number of ether oxygens (including phenoxy) is 2. The Morgan fingerprint density at radius 2 is 1.89 bits per heavy atom. The van der Waals surface area contributed by atoms with Crippen molar-refractivity contribution in [1.29, 1.82) is 0 Å². The van der Waals surface area contributed by atoms with E-state index in [1.807, 2.05) is 37.7 Å². The monoisotopic (exact) mass is 269 g/mol. The zero-order valence-corrected chi connectivity index (χ0v) is 12.3.